The van der Waals surface area contributed by atoms with Gasteiger partial charge in [-0.15, -0.1) is 0 Å². The molecule has 0 fully saturated rings. The molecular weight excluding hydrogens is 214 g/mol. The van der Waals surface area contributed by atoms with E-state index in [1.165, 1.54) is 6.20 Å². The number of ketones is 1. The second kappa shape index (κ2) is 3.83. The Kier molecular flexibility index (Phi) is 2.19. The van der Waals surface area contributed by atoms with E-state index < -0.39 is 0 Å². The highest BCUT2D eigenvalue weighted by atomic mass is 16.1. The van der Waals surface area contributed by atoms with Crippen LogP contribution in [0.2, 0.25) is 0 Å². The fraction of sp³-hybridized carbons (Fsp3) is 0. The normalized spacial score (nSPS) is 10.6. The van der Waals surface area contributed by atoms with Gasteiger partial charge >= 0.3 is 0 Å². The van der Waals surface area contributed by atoms with Crippen molar-refractivity contribution >= 4 is 16.6 Å². The maximum Gasteiger partial charge on any atom is 0.215 e. The Morgan fingerprint density at radius 2 is 1.88 bits per heavy atom. The Bertz CT molecular complexity index is 669. The number of fused-ring (bicyclic) bond motifs is 1. The smallest absolute Gasteiger partial charge is 0.215 e. The third-order valence-electron chi connectivity index (χ3n) is 2.68. The zero-order valence-electron chi connectivity index (χ0n) is 8.92. The molecule has 0 aliphatic heterocycles. The van der Waals surface area contributed by atoms with E-state index >= 15 is 0 Å². The number of benzene rings is 2. The van der Waals surface area contributed by atoms with Crippen molar-refractivity contribution in [2.45, 2.75) is 0 Å². The average Bonchev–Trinajstić information content (AvgIpc) is 2.91. The van der Waals surface area contributed by atoms with Crippen LogP contribution >= 0.6 is 0 Å². The lowest BCUT2D eigenvalue weighted by Crippen LogP contribution is -2.02. The molecule has 0 amide bonds. The van der Waals surface area contributed by atoms with Crippen molar-refractivity contribution < 1.29 is 4.79 Å². The molecule has 3 aromatic rings. The number of rotatable bonds is 2. The summed E-state index contributed by atoms with van der Waals surface area (Å²) >= 11 is 0. The van der Waals surface area contributed by atoms with Gasteiger partial charge in [0.1, 0.15) is 0 Å². The lowest BCUT2D eigenvalue weighted by molar-refractivity contribution is 0.103. The van der Waals surface area contributed by atoms with Crippen LogP contribution in [-0.2, 0) is 0 Å². The summed E-state index contributed by atoms with van der Waals surface area (Å²) in [5, 5.41) is 11.9. The van der Waals surface area contributed by atoms with E-state index in [0.29, 0.717) is 11.3 Å². The van der Waals surface area contributed by atoms with Crippen LogP contribution < -0.4 is 0 Å². The van der Waals surface area contributed by atoms with E-state index in [9.17, 15) is 4.79 Å². The lowest BCUT2D eigenvalue weighted by atomic mass is 10.0. The third kappa shape index (κ3) is 1.59. The summed E-state index contributed by atoms with van der Waals surface area (Å²) in [5.41, 5.74) is 0.985. The van der Waals surface area contributed by atoms with Gasteiger partial charge in [-0.2, -0.15) is 15.4 Å². The molecule has 0 saturated carbocycles. The van der Waals surface area contributed by atoms with Gasteiger partial charge in [-0.25, -0.2) is 0 Å². The first-order valence-corrected chi connectivity index (χ1v) is 5.24. The molecule has 3 rings (SSSR count). The van der Waals surface area contributed by atoms with Crippen molar-refractivity contribution in [2.24, 2.45) is 0 Å². The zero-order valence-corrected chi connectivity index (χ0v) is 8.92. The maximum absolute atomic E-state index is 12.2. The number of aromatic nitrogens is 3. The standard InChI is InChI=1S/C13H9N3O/c17-13(12-8-14-16-15-12)11-7-3-5-9-4-1-2-6-10(9)11/h1-8H,(H,14,15,16). The van der Waals surface area contributed by atoms with E-state index in [0.717, 1.165) is 10.8 Å². The van der Waals surface area contributed by atoms with E-state index in [1.54, 1.807) is 6.07 Å². The van der Waals surface area contributed by atoms with Gasteiger partial charge in [-0.05, 0) is 10.8 Å². The van der Waals surface area contributed by atoms with E-state index in [-0.39, 0.29) is 5.78 Å². The Morgan fingerprint density at radius 1 is 1.06 bits per heavy atom. The van der Waals surface area contributed by atoms with Gasteiger partial charge in [-0.1, -0.05) is 42.5 Å². The molecule has 0 spiro atoms. The van der Waals surface area contributed by atoms with Crippen molar-refractivity contribution in [3.63, 3.8) is 0 Å². The van der Waals surface area contributed by atoms with Crippen molar-refractivity contribution in [3.05, 3.63) is 59.9 Å². The summed E-state index contributed by atoms with van der Waals surface area (Å²) in [6, 6.07) is 13.4. The third-order valence-corrected chi connectivity index (χ3v) is 2.68. The maximum atomic E-state index is 12.2. The van der Waals surface area contributed by atoms with Crippen molar-refractivity contribution in [1.82, 2.24) is 15.4 Å². The van der Waals surface area contributed by atoms with E-state index in [1.807, 2.05) is 36.4 Å². The molecule has 1 N–H and O–H groups in total. The summed E-state index contributed by atoms with van der Waals surface area (Å²) in [6.45, 7) is 0. The number of carbonyl (C=O) groups excluding carboxylic acids is 1. The van der Waals surface area contributed by atoms with Crippen LogP contribution in [0.15, 0.2) is 48.7 Å². The topological polar surface area (TPSA) is 58.6 Å². The first-order chi connectivity index (χ1) is 8.36. The number of H-pyrrole nitrogens is 1. The highest BCUT2D eigenvalue weighted by molar-refractivity contribution is 6.15. The van der Waals surface area contributed by atoms with Crippen molar-refractivity contribution in [1.29, 1.82) is 0 Å². The van der Waals surface area contributed by atoms with E-state index in [4.69, 9.17) is 0 Å². The Morgan fingerprint density at radius 3 is 2.71 bits per heavy atom. The van der Waals surface area contributed by atoms with Crippen LogP contribution in [0.1, 0.15) is 16.1 Å². The predicted molar refractivity (Wildman–Crippen MR) is 63.8 cm³/mol. The second-order valence-corrected chi connectivity index (χ2v) is 3.71. The van der Waals surface area contributed by atoms with Gasteiger partial charge < -0.3 is 0 Å². The predicted octanol–water partition coefficient (Wildman–Crippen LogP) is 2.19. The zero-order chi connectivity index (χ0) is 11.7. The minimum Gasteiger partial charge on any atom is -0.287 e. The van der Waals surface area contributed by atoms with Gasteiger partial charge in [0.25, 0.3) is 0 Å². The molecule has 0 saturated heterocycles. The molecule has 0 radical (unpaired) electrons. The van der Waals surface area contributed by atoms with Gasteiger partial charge in [0.05, 0.1) is 6.20 Å². The summed E-state index contributed by atoms with van der Waals surface area (Å²) in [5.74, 6) is -0.115. The largest absolute Gasteiger partial charge is 0.287 e. The molecule has 0 aliphatic rings. The molecule has 0 aliphatic carbocycles. The molecule has 2 aromatic carbocycles. The monoisotopic (exact) mass is 223 g/mol. The van der Waals surface area contributed by atoms with Gasteiger partial charge in [0.15, 0.2) is 5.69 Å². The number of aromatic amines is 1. The highest BCUT2D eigenvalue weighted by Gasteiger charge is 2.14. The lowest BCUT2D eigenvalue weighted by Gasteiger charge is -2.03. The van der Waals surface area contributed by atoms with Crippen molar-refractivity contribution in [2.75, 3.05) is 0 Å². The fourth-order valence-electron chi connectivity index (χ4n) is 1.87. The molecule has 1 heterocycles. The minimum absolute atomic E-state index is 0.115. The first-order valence-electron chi connectivity index (χ1n) is 5.24. The molecule has 4 nitrogen and oxygen atoms in total. The average molecular weight is 223 g/mol. The van der Waals surface area contributed by atoms with Crippen LogP contribution in [0, 0.1) is 0 Å². The molecule has 82 valence electrons. The minimum atomic E-state index is -0.115. The van der Waals surface area contributed by atoms with Crippen LogP contribution in [0.5, 0.6) is 0 Å². The quantitative estimate of drug-likeness (QED) is 0.677. The fourth-order valence-corrected chi connectivity index (χ4v) is 1.87. The summed E-state index contributed by atoms with van der Waals surface area (Å²) < 4.78 is 0. The highest BCUT2D eigenvalue weighted by Crippen LogP contribution is 2.20. The van der Waals surface area contributed by atoms with E-state index in [2.05, 4.69) is 15.4 Å². The summed E-state index contributed by atoms with van der Waals surface area (Å²) in [6.07, 6.45) is 1.43. The van der Waals surface area contributed by atoms with Crippen LogP contribution in [0.25, 0.3) is 10.8 Å². The molecule has 1 aromatic heterocycles. The van der Waals surface area contributed by atoms with Gasteiger partial charge in [0, 0.05) is 5.56 Å². The number of hydrogen-bond donors (Lipinski definition) is 1. The summed E-state index contributed by atoms with van der Waals surface area (Å²) in [7, 11) is 0. The SMILES string of the molecule is O=C(c1cn[nH]n1)c1cccc2ccccc12. The second-order valence-electron chi connectivity index (χ2n) is 3.71. The Labute approximate surface area is 97.3 Å². The first kappa shape index (κ1) is 9.72. The number of nitrogens with zero attached hydrogens (tertiary/aromatic N) is 2. The Balaban J connectivity index is 2.21. The molecular formula is C13H9N3O. The summed E-state index contributed by atoms with van der Waals surface area (Å²) in [4.78, 5) is 12.2. The number of carbonyl (C=O) groups is 1. The molecule has 0 atom stereocenters. The number of nitrogens with one attached hydrogen (secondary N) is 1. The molecule has 4 heteroatoms. The van der Waals surface area contributed by atoms with Crippen molar-refractivity contribution in [3.8, 4) is 0 Å². The molecule has 17 heavy (non-hydrogen) atoms. The van der Waals surface area contributed by atoms with Gasteiger partial charge in [0.2, 0.25) is 5.78 Å². The van der Waals surface area contributed by atoms with Crippen LogP contribution in [0.4, 0.5) is 0 Å². The number of hydrogen-bond acceptors (Lipinski definition) is 3. The Hall–Kier alpha value is -2.49. The van der Waals surface area contributed by atoms with Crippen LogP contribution in [-0.4, -0.2) is 21.2 Å². The van der Waals surface area contributed by atoms with Gasteiger partial charge in [-0.3, -0.25) is 4.79 Å². The molecule has 0 unspecified atom stereocenters. The molecule has 0 bridgehead atoms. The van der Waals surface area contributed by atoms with Crippen LogP contribution in [0.3, 0.4) is 0 Å².